The third kappa shape index (κ3) is 4.40. The van der Waals surface area contributed by atoms with E-state index in [-0.39, 0.29) is 11.9 Å². The van der Waals surface area contributed by atoms with Crippen LogP contribution >= 0.6 is 0 Å². The molecule has 2 atom stereocenters. The highest BCUT2D eigenvalue weighted by Gasteiger charge is 2.13. The standard InChI is InChI=1S/C11H18N4O2S/c1-7-5-9(15-11(12-3)14-7)10(16)13-8(2)6-18(4)17/h5,8H,6H2,1-4H3,(H,13,16)(H,12,14,15). The van der Waals surface area contributed by atoms with Crippen molar-refractivity contribution in [2.24, 2.45) is 0 Å². The molecule has 7 heteroatoms. The molecule has 0 aliphatic heterocycles. The third-order valence-electron chi connectivity index (χ3n) is 2.17. The fraction of sp³-hybridized carbons (Fsp3) is 0.545. The minimum Gasteiger partial charge on any atom is -0.357 e. The lowest BCUT2D eigenvalue weighted by atomic mass is 10.3. The average molecular weight is 270 g/mol. The van der Waals surface area contributed by atoms with E-state index in [1.165, 1.54) is 0 Å². The van der Waals surface area contributed by atoms with Gasteiger partial charge in [0.15, 0.2) is 0 Å². The molecule has 1 rings (SSSR count). The highest BCUT2D eigenvalue weighted by Crippen LogP contribution is 2.04. The monoisotopic (exact) mass is 270 g/mol. The van der Waals surface area contributed by atoms with Gasteiger partial charge in [-0.1, -0.05) is 0 Å². The number of rotatable bonds is 5. The maximum atomic E-state index is 11.9. The third-order valence-corrected chi connectivity index (χ3v) is 3.14. The Hall–Kier alpha value is -1.50. The first-order valence-corrected chi connectivity index (χ1v) is 7.29. The quantitative estimate of drug-likeness (QED) is 0.805. The summed E-state index contributed by atoms with van der Waals surface area (Å²) in [5.74, 6) is 0.552. The van der Waals surface area contributed by atoms with Crippen LogP contribution in [0.15, 0.2) is 6.07 Å². The van der Waals surface area contributed by atoms with Gasteiger partial charge in [-0.2, -0.15) is 0 Å². The number of anilines is 1. The zero-order valence-corrected chi connectivity index (χ0v) is 11.8. The number of nitrogens with one attached hydrogen (secondary N) is 2. The molecule has 1 amide bonds. The number of carbonyl (C=O) groups is 1. The van der Waals surface area contributed by atoms with E-state index in [4.69, 9.17) is 0 Å². The second-order valence-electron chi connectivity index (χ2n) is 4.08. The summed E-state index contributed by atoms with van der Waals surface area (Å²) in [5, 5.41) is 5.55. The molecule has 1 aromatic heterocycles. The molecular formula is C11H18N4O2S. The summed E-state index contributed by atoms with van der Waals surface area (Å²) in [5.41, 5.74) is 1.02. The average Bonchev–Trinajstić information content (AvgIpc) is 2.26. The molecule has 100 valence electrons. The van der Waals surface area contributed by atoms with Crippen LogP contribution in [0.25, 0.3) is 0 Å². The Morgan fingerprint density at radius 1 is 1.50 bits per heavy atom. The van der Waals surface area contributed by atoms with Gasteiger partial charge in [0.05, 0.1) is 0 Å². The van der Waals surface area contributed by atoms with Gasteiger partial charge in [-0.3, -0.25) is 9.00 Å². The number of aromatic nitrogens is 2. The zero-order chi connectivity index (χ0) is 13.7. The Morgan fingerprint density at radius 3 is 2.72 bits per heavy atom. The lowest BCUT2D eigenvalue weighted by Crippen LogP contribution is -2.36. The van der Waals surface area contributed by atoms with Gasteiger partial charge < -0.3 is 10.6 Å². The molecule has 1 aromatic rings. The van der Waals surface area contributed by atoms with Gasteiger partial charge in [-0.05, 0) is 19.9 Å². The molecule has 0 radical (unpaired) electrons. The highest BCUT2D eigenvalue weighted by molar-refractivity contribution is 7.84. The van der Waals surface area contributed by atoms with Crippen LogP contribution in [0.1, 0.15) is 23.1 Å². The van der Waals surface area contributed by atoms with Gasteiger partial charge in [0.25, 0.3) is 5.91 Å². The minimum atomic E-state index is -0.939. The summed E-state index contributed by atoms with van der Waals surface area (Å²) in [6.07, 6.45) is 1.61. The molecule has 0 saturated heterocycles. The Kier molecular flexibility index (Phi) is 5.21. The van der Waals surface area contributed by atoms with E-state index in [0.29, 0.717) is 23.1 Å². The molecule has 0 spiro atoms. The van der Waals surface area contributed by atoms with Crippen molar-refractivity contribution in [1.29, 1.82) is 0 Å². The van der Waals surface area contributed by atoms with Crippen molar-refractivity contribution >= 4 is 22.7 Å². The summed E-state index contributed by atoms with van der Waals surface area (Å²) >= 11 is 0. The molecule has 0 aliphatic rings. The molecule has 0 fully saturated rings. The van der Waals surface area contributed by atoms with Crippen LogP contribution in [0.3, 0.4) is 0 Å². The number of hydrogen-bond acceptors (Lipinski definition) is 5. The van der Waals surface area contributed by atoms with Crippen molar-refractivity contribution in [2.75, 3.05) is 24.4 Å². The van der Waals surface area contributed by atoms with Crippen LogP contribution in [0, 0.1) is 6.92 Å². The molecule has 2 unspecified atom stereocenters. The van der Waals surface area contributed by atoms with Crippen molar-refractivity contribution < 1.29 is 9.00 Å². The summed E-state index contributed by atoms with van der Waals surface area (Å²) in [6, 6.07) is 1.46. The van der Waals surface area contributed by atoms with Crippen molar-refractivity contribution in [1.82, 2.24) is 15.3 Å². The van der Waals surface area contributed by atoms with Crippen LogP contribution in [0.5, 0.6) is 0 Å². The van der Waals surface area contributed by atoms with E-state index in [1.807, 2.05) is 6.92 Å². The molecule has 2 N–H and O–H groups in total. The van der Waals surface area contributed by atoms with Crippen molar-refractivity contribution in [2.45, 2.75) is 19.9 Å². The molecule has 18 heavy (non-hydrogen) atoms. The van der Waals surface area contributed by atoms with Gasteiger partial charge in [0.1, 0.15) is 5.69 Å². The first-order valence-electron chi connectivity index (χ1n) is 5.56. The first kappa shape index (κ1) is 14.6. The zero-order valence-electron chi connectivity index (χ0n) is 11.0. The van der Waals surface area contributed by atoms with E-state index in [9.17, 15) is 9.00 Å². The molecule has 0 aromatic carbocycles. The van der Waals surface area contributed by atoms with Crippen LogP contribution in [-0.4, -0.2) is 45.2 Å². The maximum absolute atomic E-state index is 11.9. The minimum absolute atomic E-state index is 0.156. The van der Waals surface area contributed by atoms with E-state index in [2.05, 4.69) is 20.6 Å². The number of nitrogens with zero attached hydrogens (tertiary/aromatic N) is 2. The Morgan fingerprint density at radius 2 is 2.17 bits per heavy atom. The second kappa shape index (κ2) is 6.44. The molecular weight excluding hydrogens is 252 g/mol. The second-order valence-corrected chi connectivity index (χ2v) is 5.56. The van der Waals surface area contributed by atoms with Crippen LogP contribution in [-0.2, 0) is 10.8 Å². The van der Waals surface area contributed by atoms with Gasteiger partial charge in [-0.25, -0.2) is 9.97 Å². The van der Waals surface area contributed by atoms with Crippen LogP contribution in [0.4, 0.5) is 5.95 Å². The normalized spacial score (nSPS) is 13.8. The van der Waals surface area contributed by atoms with Gasteiger partial charge in [-0.15, -0.1) is 0 Å². The van der Waals surface area contributed by atoms with Gasteiger partial charge in [0.2, 0.25) is 5.95 Å². The SMILES string of the molecule is CNc1nc(C)cc(C(=O)NC(C)CS(C)=O)n1. The smallest absolute Gasteiger partial charge is 0.270 e. The predicted molar refractivity (Wildman–Crippen MR) is 72.2 cm³/mol. The maximum Gasteiger partial charge on any atom is 0.270 e. The van der Waals surface area contributed by atoms with E-state index >= 15 is 0 Å². The predicted octanol–water partition coefficient (Wildman–Crippen LogP) is 0.324. The molecule has 1 heterocycles. The van der Waals surface area contributed by atoms with Gasteiger partial charge >= 0.3 is 0 Å². The lowest BCUT2D eigenvalue weighted by molar-refractivity contribution is 0.0938. The topological polar surface area (TPSA) is 84.0 Å². The Balaban J connectivity index is 2.77. The number of carbonyl (C=O) groups excluding carboxylic acids is 1. The van der Waals surface area contributed by atoms with E-state index in [1.54, 1.807) is 26.3 Å². The molecule has 0 bridgehead atoms. The molecule has 6 nitrogen and oxygen atoms in total. The lowest BCUT2D eigenvalue weighted by Gasteiger charge is -2.12. The fourth-order valence-corrected chi connectivity index (χ4v) is 2.28. The summed E-state index contributed by atoms with van der Waals surface area (Å²) in [4.78, 5) is 20.1. The number of amides is 1. The fourth-order valence-electron chi connectivity index (χ4n) is 1.49. The van der Waals surface area contributed by atoms with Crippen LogP contribution < -0.4 is 10.6 Å². The summed E-state index contributed by atoms with van der Waals surface area (Å²) < 4.78 is 11.1. The van der Waals surface area contributed by atoms with Crippen molar-refractivity contribution in [3.63, 3.8) is 0 Å². The largest absolute Gasteiger partial charge is 0.357 e. The summed E-state index contributed by atoms with van der Waals surface area (Å²) in [7, 11) is 0.755. The number of aryl methyl sites for hydroxylation is 1. The molecule has 0 saturated carbocycles. The molecule has 0 aliphatic carbocycles. The van der Waals surface area contributed by atoms with Crippen molar-refractivity contribution in [3.05, 3.63) is 17.5 Å². The van der Waals surface area contributed by atoms with Gasteiger partial charge in [0, 0.05) is 41.6 Å². The summed E-state index contributed by atoms with van der Waals surface area (Å²) in [6.45, 7) is 3.61. The van der Waals surface area contributed by atoms with Crippen molar-refractivity contribution in [3.8, 4) is 0 Å². The van der Waals surface area contributed by atoms with E-state index < -0.39 is 10.8 Å². The first-order chi connectivity index (χ1) is 8.42. The van der Waals surface area contributed by atoms with Crippen LogP contribution in [0.2, 0.25) is 0 Å². The number of hydrogen-bond donors (Lipinski definition) is 2. The highest BCUT2D eigenvalue weighted by atomic mass is 32.2. The Bertz CT molecular complexity index is 464. The Labute approximate surface area is 109 Å². The van der Waals surface area contributed by atoms with E-state index in [0.717, 1.165) is 0 Å².